The highest BCUT2D eigenvalue weighted by Gasteiger charge is 2.30. The van der Waals surface area contributed by atoms with Gasteiger partial charge in [-0.15, -0.1) is 0 Å². The van der Waals surface area contributed by atoms with Crippen LogP contribution in [0.3, 0.4) is 0 Å². The van der Waals surface area contributed by atoms with Crippen molar-refractivity contribution in [2.75, 3.05) is 10.0 Å². The highest BCUT2D eigenvalue weighted by molar-refractivity contribution is 7.92. The lowest BCUT2D eigenvalue weighted by Gasteiger charge is -2.12. The zero-order valence-electron chi connectivity index (χ0n) is 16.8. The Morgan fingerprint density at radius 3 is 2.26 bits per heavy atom. The molecular weight excluding hydrogens is 433 g/mol. The number of benzene rings is 2. The summed E-state index contributed by atoms with van der Waals surface area (Å²) in [5, 5.41) is 6.95. The molecule has 0 aliphatic carbocycles. The van der Waals surface area contributed by atoms with Crippen LogP contribution in [0.15, 0.2) is 53.4 Å². The minimum Gasteiger partial charge on any atom is -0.319 e. The summed E-state index contributed by atoms with van der Waals surface area (Å²) < 4.78 is 67.3. The number of halogens is 3. The van der Waals surface area contributed by atoms with Gasteiger partial charge in [-0.05, 0) is 56.3 Å². The summed E-state index contributed by atoms with van der Waals surface area (Å²) in [5.74, 6) is -0.450. The molecule has 0 radical (unpaired) electrons. The van der Waals surface area contributed by atoms with E-state index in [-0.39, 0.29) is 16.1 Å². The van der Waals surface area contributed by atoms with Gasteiger partial charge in [0.25, 0.3) is 15.9 Å². The Morgan fingerprint density at radius 2 is 1.71 bits per heavy atom. The number of nitrogens with one attached hydrogen (secondary N) is 2. The Hall–Kier alpha value is -3.34. The number of anilines is 2. The van der Waals surface area contributed by atoms with Crippen molar-refractivity contribution in [2.24, 2.45) is 7.05 Å². The second-order valence-corrected chi connectivity index (χ2v) is 8.51. The van der Waals surface area contributed by atoms with E-state index in [1.165, 1.54) is 30.3 Å². The van der Waals surface area contributed by atoms with Gasteiger partial charge in [-0.1, -0.05) is 6.07 Å². The summed E-state index contributed by atoms with van der Waals surface area (Å²) in [6.45, 7) is 3.54. The molecule has 2 N–H and O–H groups in total. The number of carbonyl (C=O) groups is 1. The van der Waals surface area contributed by atoms with Gasteiger partial charge in [0, 0.05) is 18.3 Å². The third-order valence-corrected chi connectivity index (χ3v) is 6.01. The Kier molecular flexibility index (Phi) is 5.81. The van der Waals surface area contributed by atoms with Crippen LogP contribution >= 0.6 is 0 Å². The summed E-state index contributed by atoms with van der Waals surface area (Å²) in [7, 11) is -2.40. The molecule has 3 rings (SSSR count). The van der Waals surface area contributed by atoms with E-state index < -0.39 is 27.7 Å². The van der Waals surface area contributed by atoms with Gasteiger partial charge in [0.1, 0.15) is 0 Å². The van der Waals surface area contributed by atoms with E-state index >= 15 is 0 Å². The number of aromatic nitrogens is 2. The maximum absolute atomic E-state index is 12.8. The molecule has 31 heavy (non-hydrogen) atoms. The fourth-order valence-electron chi connectivity index (χ4n) is 2.90. The molecule has 3 aromatic rings. The largest absolute Gasteiger partial charge is 0.416 e. The van der Waals surface area contributed by atoms with Crippen molar-refractivity contribution in [2.45, 2.75) is 24.9 Å². The number of carbonyl (C=O) groups excluding carboxylic acids is 1. The molecule has 164 valence electrons. The number of nitrogens with zero attached hydrogens (tertiary/aromatic N) is 2. The molecule has 0 fully saturated rings. The van der Waals surface area contributed by atoms with Crippen LogP contribution in [-0.4, -0.2) is 24.1 Å². The van der Waals surface area contributed by atoms with Gasteiger partial charge in [-0.3, -0.25) is 14.2 Å². The summed E-state index contributed by atoms with van der Waals surface area (Å²) >= 11 is 0. The molecule has 1 aromatic heterocycles. The van der Waals surface area contributed by atoms with Crippen molar-refractivity contribution in [1.29, 1.82) is 0 Å². The first-order valence-corrected chi connectivity index (χ1v) is 10.5. The normalized spacial score (nSPS) is 11.9. The SMILES string of the molecule is Cc1nn(C)c(C)c1NC(=O)c1ccc(S(=O)(=O)Nc2cccc(C(F)(F)F)c2)cc1. The summed E-state index contributed by atoms with van der Waals surface area (Å²) in [6.07, 6.45) is -4.60. The minimum atomic E-state index is -4.60. The van der Waals surface area contributed by atoms with Crippen LogP contribution in [0.2, 0.25) is 0 Å². The molecule has 0 saturated heterocycles. The second kappa shape index (κ2) is 8.06. The molecule has 11 heteroatoms. The number of amides is 1. The Bertz CT molecular complexity index is 1230. The predicted octanol–water partition coefficient (Wildman–Crippen LogP) is 4.11. The molecule has 0 bridgehead atoms. The fourth-order valence-corrected chi connectivity index (χ4v) is 3.95. The van der Waals surface area contributed by atoms with Crippen LogP contribution in [0.4, 0.5) is 24.5 Å². The monoisotopic (exact) mass is 452 g/mol. The number of aryl methyl sites for hydroxylation is 2. The average molecular weight is 452 g/mol. The van der Waals surface area contributed by atoms with Crippen LogP contribution in [0, 0.1) is 13.8 Å². The van der Waals surface area contributed by atoms with Crippen molar-refractivity contribution in [3.8, 4) is 0 Å². The maximum Gasteiger partial charge on any atom is 0.416 e. The zero-order chi connectivity index (χ0) is 23.0. The summed E-state index contributed by atoms with van der Waals surface area (Å²) in [5.41, 5.74) is 0.976. The zero-order valence-corrected chi connectivity index (χ0v) is 17.6. The summed E-state index contributed by atoms with van der Waals surface area (Å²) in [4.78, 5) is 12.3. The van der Waals surface area contributed by atoms with Gasteiger partial charge in [-0.2, -0.15) is 18.3 Å². The van der Waals surface area contributed by atoms with Gasteiger partial charge in [0.15, 0.2) is 0 Å². The molecule has 0 aliphatic rings. The van der Waals surface area contributed by atoms with Crippen molar-refractivity contribution in [3.63, 3.8) is 0 Å². The van der Waals surface area contributed by atoms with Crippen molar-refractivity contribution in [3.05, 3.63) is 71.0 Å². The third-order valence-electron chi connectivity index (χ3n) is 4.62. The van der Waals surface area contributed by atoms with E-state index in [2.05, 4.69) is 15.1 Å². The van der Waals surface area contributed by atoms with E-state index in [1.54, 1.807) is 25.6 Å². The smallest absolute Gasteiger partial charge is 0.319 e. The van der Waals surface area contributed by atoms with Crippen LogP contribution in [-0.2, 0) is 23.2 Å². The molecule has 0 spiro atoms. The average Bonchev–Trinajstić information content (AvgIpc) is 2.93. The predicted molar refractivity (Wildman–Crippen MR) is 109 cm³/mol. The van der Waals surface area contributed by atoms with Crippen LogP contribution in [0.5, 0.6) is 0 Å². The first-order valence-electron chi connectivity index (χ1n) is 9.00. The molecule has 0 saturated carbocycles. The molecule has 0 unspecified atom stereocenters. The molecule has 0 atom stereocenters. The molecule has 0 aliphatic heterocycles. The number of alkyl halides is 3. The number of rotatable bonds is 5. The summed E-state index contributed by atoms with van der Waals surface area (Å²) in [6, 6.07) is 8.91. The highest BCUT2D eigenvalue weighted by atomic mass is 32.2. The fraction of sp³-hybridized carbons (Fsp3) is 0.200. The molecule has 1 heterocycles. The molecular formula is C20H19F3N4O3S. The lowest BCUT2D eigenvalue weighted by molar-refractivity contribution is -0.137. The maximum atomic E-state index is 12.8. The third kappa shape index (κ3) is 4.88. The molecule has 1 amide bonds. The van der Waals surface area contributed by atoms with Crippen LogP contribution in [0.1, 0.15) is 27.3 Å². The molecule has 2 aromatic carbocycles. The van der Waals surface area contributed by atoms with Gasteiger partial charge < -0.3 is 5.32 Å². The Labute approximate surface area is 176 Å². The van der Waals surface area contributed by atoms with E-state index in [9.17, 15) is 26.4 Å². The van der Waals surface area contributed by atoms with E-state index in [1.807, 2.05) is 0 Å². The van der Waals surface area contributed by atoms with Crippen LogP contribution < -0.4 is 10.0 Å². The Balaban J connectivity index is 1.78. The van der Waals surface area contributed by atoms with E-state index in [0.29, 0.717) is 17.4 Å². The first kappa shape index (κ1) is 22.3. The van der Waals surface area contributed by atoms with Gasteiger partial charge in [-0.25, -0.2) is 8.42 Å². The van der Waals surface area contributed by atoms with Crippen molar-refractivity contribution in [1.82, 2.24) is 9.78 Å². The van der Waals surface area contributed by atoms with Gasteiger partial charge in [0.2, 0.25) is 0 Å². The second-order valence-electron chi connectivity index (χ2n) is 6.83. The number of hydrogen-bond acceptors (Lipinski definition) is 4. The Morgan fingerprint density at radius 1 is 1.06 bits per heavy atom. The van der Waals surface area contributed by atoms with Gasteiger partial charge >= 0.3 is 6.18 Å². The van der Waals surface area contributed by atoms with Crippen molar-refractivity contribution >= 4 is 27.3 Å². The minimum absolute atomic E-state index is 0.199. The first-order chi connectivity index (χ1) is 14.4. The number of sulfonamides is 1. The van der Waals surface area contributed by atoms with E-state index in [4.69, 9.17) is 0 Å². The number of hydrogen-bond donors (Lipinski definition) is 2. The molecule has 7 nitrogen and oxygen atoms in total. The topological polar surface area (TPSA) is 93.1 Å². The van der Waals surface area contributed by atoms with Crippen molar-refractivity contribution < 1.29 is 26.4 Å². The lowest BCUT2D eigenvalue weighted by atomic mass is 10.2. The van der Waals surface area contributed by atoms with E-state index in [0.717, 1.165) is 17.8 Å². The standard InChI is InChI=1S/C20H19F3N4O3S/c1-12-18(13(2)27(3)25-12)24-19(28)14-7-9-17(10-8-14)31(29,30)26-16-6-4-5-15(11-16)20(21,22)23/h4-11,26H,1-3H3,(H,24,28). The quantitative estimate of drug-likeness (QED) is 0.609. The van der Waals surface area contributed by atoms with Crippen LogP contribution in [0.25, 0.3) is 0 Å². The highest BCUT2D eigenvalue weighted by Crippen LogP contribution is 2.31. The van der Waals surface area contributed by atoms with Gasteiger partial charge in [0.05, 0.1) is 27.5 Å². The lowest BCUT2D eigenvalue weighted by Crippen LogP contribution is -2.16.